The Kier molecular flexibility index (Phi) is 4.23. The fraction of sp³-hybridized carbons (Fsp3) is 0.294. The Morgan fingerprint density at radius 3 is 2.42 bits per heavy atom. The average Bonchev–Trinajstić information content (AvgIpc) is 2.41. The van der Waals surface area contributed by atoms with Crippen LogP contribution in [0.15, 0.2) is 36.4 Å². The molecule has 0 aliphatic heterocycles. The first-order chi connectivity index (χ1) is 9.15. The molecule has 0 aliphatic rings. The summed E-state index contributed by atoms with van der Waals surface area (Å²) in [5, 5.41) is 3.19. The van der Waals surface area contributed by atoms with Gasteiger partial charge in [0.15, 0.2) is 0 Å². The van der Waals surface area contributed by atoms with Crippen molar-refractivity contribution in [2.75, 3.05) is 14.2 Å². The van der Waals surface area contributed by atoms with E-state index in [0.717, 1.165) is 12.3 Å². The van der Waals surface area contributed by atoms with Crippen LogP contribution in [0.25, 0.3) is 11.1 Å². The second-order valence-electron chi connectivity index (χ2n) is 4.86. The number of nitrogens with one attached hydrogen (secondary N) is 1. The third kappa shape index (κ3) is 2.96. The van der Waals surface area contributed by atoms with Gasteiger partial charge in [0.05, 0.1) is 7.11 Å². The lowest BCUT2D eigenvalue weighted by Crippen LogP contribution is -2.05. The maximum absolute atomic E-state index is 5.32. The molecule has 0 aromatic heterocycles. The van der Waals surface area contributed by atoms with Crippen molar-refractivity contribution in [3.63, 3.8) is 0 Å². The van der Waals surface area contributed by atoms with Gasteiger partial charge in [-0.15, -0.1) is 0 Å². The fourth-order valence-electron chi connectivity index (χ4n) is 2.34. The Morgan fingerprint density at radius 2 is 1.79 bits per heavy atom. The number of methoxy groups -OCH3 is 1. The van der Waals surface area contributed by atoms with Gasteiger partial charge >= 0.3 is 0 Å². The quantitative estimate of drug-likeness (QED) is 0.899. The molecule has 2 rings (SSSR count). The fourth-order valence-corrected chi connectivity index (χ4v) is 2.34. The SMILES string of the molecule is CNCc1ccc(C)c(-c2ccc(OC)c(C)c2)c1. The topological polar surface area (TPSA) is 21.3 Å². The number of aryl methyl sites for hydroxylation is 2. The Labute approximate surface area is 115 Å². The summed E-state index contributed by atoms with van der Waals surface area (Å²) < 4.78 is 5.32. The lowest BCUT2D eigenvalue weighted by atomic mass is 9.96. The van der Waals surface area contributed by atoms with E-state index in [1.807, 2.05) is 13.1 Å². The van der Waals surface area contributed by atoms with E-state index < -0.39 is 0 Å². The second-order valence-corrected chi connectivity index (χ2v) is 4.86. The summed E-state index contributed by atoms with van der Waals surface area (Å²) in [4.78, 5) is 0. The number of hydrogen-bond acceptors (Lipinski definition) is 2. The number of hydrogen-bond donors (Lipinski definition) is 1. The van der Waals surface area contributed by atoms with Gasteiger partial charge in [0, 0.05) is 6.54 Å². The van der Waals surface area contributed by atoms with Crippen molar-refractivity contribution in [2.45, 2.75) is 20.4 Å². The smallest absolute Gasteiger partial charge is 0.121 e. The molecule has 2 aromatic rings. The van der Waals surface area contributed by atoms with E-state index >= 15 is 0 Å². The van der Waals surface area contributed by atoms with Gasteiger partial charge in [-0.2, -0.15) is 0 Å². The van der Waals surface area contributed by atoms with Gasteiger partial charge < -0.3 is 10.1 Å². The zero-order valence-corrected chi connectivity index (χ0v) is 12.1. The minimum atomic E-state index is 0.891. The van der Waals surface area contributed by atoms with Crippen LogP contribution in [0.3, 0.4) is 0 Å². The highest BCUT2D eigenvalue weighted by Crippen LogP contribution is 2.29. The molecule has 2 aromatic carbocycles. The van der Waals surface area contributed by atoms with Crippen LogP contribution in [0.4, 0.5) is 0 Å². The van der Waals surface area contributed by atoms with Crippen LogP contribution in [0.1, 0.15) is 16.7 Å². The molecule has 100 valence electrons. The largest absolute Gasteiger partial charge is 0.496 e. The summed E-state index contributed by atoms with van der Waals surface area (Å²) >= 11 is 0. The highest BCUT2D eigenvalue weighted by atomic mass is 16.5. The molecule has 0 amide bonds. The predicted molar refractivity (Wildman–Crippen MR) is 80.7 cm³/mol. The van der Waals surface area contributed by atoms with E-state index in [9.17, 15) is 0 Å². The number of rotatable bonds is 4. The van der Waals surface area contributed by atoms with Crippen LogP contribution in [-0.2, 0) is 6.54 Å². The van der Waals surface area contributed by atoms with E-state index in [-0.39, 0.29) is 0 Å². The van der Waals surface area contributed by atoms with Gasteiger partial charge in [-0.1, -0.05) is 18.2 Å². The molecule has 0 unspecified atom stereocenters. The Morgan fingerprint density at radius 1 is 1.00 bits per heavy atom. The highest BCUT2D eigenvalue weighted by molar-refractivity contribution is 5.69. The van der Waals surface area contributed by atoms with Gasteiger partial charge in [0.2, 0.25) is 0 Å². The summed E-state index contributed by atoms with van der Waals surface area (Å²) in [5.74, 6) is 0.938. The van der Waals surface area contributed by atoms with Crippen LogP contribution in [0.2, 0.25) is 0 Å². The van der Waals surface area contributed by atoms with Crippen molar-refractivity contribution in [1.82, 2.24) is 5.32 Å². The van der Waals surface area contributed by atoms with Crippen molar-refractivity contribution >= 4 is 0 Å². The molecule has 0 saturated heterocycles. The Bertz CT molecular complexity index is 575. The van der Waals surface area contributed by atoms with E-state index in [2.05, 4.69) is 49.5 Å². The maximum Gasteiger partial charge on any atom is 0.121 e. The first-order valence-corrected chi connectivity index (χ1v) is 6.55. The van der Waals surface area contributed by atoms with Crippen LogP contribution in [0, 0.1) is 13.8 Å². The summed E-state index contributed by atoms with van der Waals surface area (Å²) in [7, 11) is 3.68. The minimum absolute atomic E-state index is 0.891. The van der Waals surface area contributed by atoms with Crippen molar-refractivity contribution in [2.24, 2.45) is 0 Å². The van der Waals surface area contributed by atoms with Gasteiger partial charge in [-0.05, 0) is 66.9 Å². The van der Waals surface area contributed by atoms with Crippen LogP contribution < -0.4 is 10.1 Å². The summed E-state index contributed by atoms with van der Waals surface area (Å²) in [6, 6.07) is 13.0. The molecule has 0 heterocycles. The monoisotopic (exact) mass is 255 g/mol. The molecule has 0 spiro atoms. The van der Waals surface area contributed by atoms with E-state index in [0.29, 0.717) is 0 Å². The van der Waals surface area contributed by atoms with Crippen molar-refractivity contribution in [3.8, 4) is 16.9 Å². The molecule has 1 N–H and O–H groups in total. The van der Waals surface area contributed by atoms with Crippen molar-refractivity contribution < 1.29 is 4.74 Å². The molecular weight excluding hydrogens is 234 g/mol. The first-order valence-electron chi connectivity index (χ1n) is 6.55. The summed E-state index contributed by atoms with van der Waals surface area (Å²) in [6.45, 7) is 5.12. The van der Waals surface area contributed by atoms with E-state index in [1.54, 1.807) is 7.11 Å². The van der Waals surface area contributed by atoms with Crippen LogP contribution in [0.5, 0.6) is 5.75 Å². The molecule has 0 fully saturated rings. The molecule has 0 saturated carbocycles. The lowest BCUT2D eigenvalue weighted by molar-refractivity contribution is 0.412. The molecule has 19 heavy (non-hydrogen) atoms. The van der Waals surface area contributed by atoms with Crippen LogP contribution in [-0.4, -0.2) is 14.2 Å². The highest BCUT2D eigenvalue weighted by Gasteiger charge is 2.06. The maximum atomic E-state index is 5.32. The average molecular weight is 255 g/mol. The number of ether oxygens (including phenoxy) is 1. The molecule has 0 atom stereocenters. The minimum Gasteiger partial charge on any atom is -0.496 e. The lowest BCUT2D eigenvalue weighted by Gasteiger charge is -2.11. The zero-order chi connectivity index (χ0) is 13.8. The molecule has 0 radical (unpaired) electrons. The van der Waals surface area contributed by atoms with Crippen molar-refractivity contribution in [1.29, 1.82) is 0 Å². The van der Waals surface area contributed by atoms with Gasteiger partial charge in [0.25, 0.3) is 0 Å². The Hall–Kier alpha value is -1.80. The molecule has 0 bridgehead atoms. The van der Waals surface area contributed by atoms with E-state index in [4.69, 9.17) is 4.74 Å². The third-order valence-corrected chi connectivity index (χ3v) is 3.39. The summed E-state index contributed by atoms with van der Waals surface area (Å²) in [6.07, 6.45) is 0. The molecule has 2 heteroatoms. The molecule has 0 aliphatic carbocycles. The van der Waals surface area contributed by atoms with Gasteiger partial charge in [0.1, 0.15) is 5.75 Å². The van der Waals surface area contributed by atoms with Crippen molar-refractivity contribution in [3.05, 3.63) is 53.1 Å². The normalized spacial score (nSPS) is 10.5. The van der Waals surface area contributed by atoms with Gasteiger partial charge in [-0.25, -0.2) is 0 Å². The Balaban J connectivity index is 2.45. The van der Waals surface area contributed by atoms with Gasteiger partial charge in [-0.3, -0.25) is 0 Å². The summed E-state index contributed by atoms with van der Waals surface area (Å²) in [5.41, 5.74) is 6.30. The first kappa shape index (κ1) is 13.6. The number of benzene rings is 2. The molecular formula is C17H21NO. The zero-order valence-electron chi connectivity index (χ0n) is 12.1. The second kappa shape index (κ2) is 5.89. The van der Waals surface area contributed by atoms with Crippen LogP contribution >= 0.6 is 0 Å². The predicted octanol–water partition coefficient (Wildman–Crippen LogP) is 3.70. The van der Waals surface area contributed by atoms with E-state index in [1.165, 1.54) is 27.8 Å². The molecule has 2 nitrogen and oxygen atoms in total. The standard InChI is InChI=1S/C17H21NO/c1-12-5-6-14(11-18-3)10-16(12)15-7-8-17(19-4)13(2)9-15/h5-10,18H,11H2,1-4H3. The third-order valence-electron chi connectivity index (χ3n) is 3.39.